The SMILES string of the molecule is CCCOc1c(I)cc(/C=N/NC(=O)c2ccc(OCC)cc2)cc1OCC. The second-order valence-corrected chi connectivity index (χ2v) is 6.93. The molecule has 0 fully saturated rings. The highest BCUT2D eigenvalue weighted by Gasteiger charge is 2.11. The van der Waals surface area contributed by atoms with Crippen molar-refractivity contribution in [1.82, 2.24) is 5.43 Å². The molecule has 28 heavy (non-hydrogen) atoms. The molecule has 150 valence electrons. The lowest BCUT2D eigenvalue weighted by atomic mass is 10.2. The number of nitrogens with one attached hydrogen (secondary N) is 1. The molecule has 0 radical (unpaired) electrons. The molecule has 7 heteroatoms. The van der Waals surface area contributed by atoms with Crippen LogP contribution in [-0.2, 0) is 0 Å². The summed E-state index contributed by atoms with van der Waals surface area (Å²) in [7, 11) is 0. The summed E-state index contributed by atoms with van der Waals surface area (Å²) in [6.07, 6.45) is 2.50. The number of benzene rings is 2. The Morgan fingerprint density at radius 1 is 1.07 bits per heavy atom. The quantitative estimate of drug-likeness (QED) is 0.296. The zero-order valence-electron chi connectivity index (χ0n) is 16.3. The zero-order chi connectivity index (χ0) is 20.4. The van der Waals surface area contributed by atoms with Gasteiger partial charge in [0, 0.05) is 5.56 Å². The van der Waals surface area contributed by atoms with Crippen molar-refractivity contribution in [2.24, 2.45) is 5.10 Å². The van der Waals surface area contributed by atoms with E-state index in [2.05, 4.69) is 40.0 Å². The van der Waals surface area contributed by atoms with E-state index in [1.54, 1.807) is 30.5 Å². The van der Waals surface area contributed by atoms with E-state index >= 15 is 0 Å². The summed E-state index contributed by atoms with van der Waals surface area (Å²) in [4.78, 5) is 12.2. The number of hydrogen-bond acceptors (Lipinski definition) is 5. The minimum atomic E-state index is -0.290. The van der Waals surface area contributed by atoms with E-state index in [0.717, 1.165) is 27.1 Å². The highest BCUT2D eigenvalue weighted by molar-refractivity contribution is 14.1. The van der Waals surface area contributed by atoms with Crippen LogP contribution in [0.15, 0.2) is 41.5 Å². The van der Waals surface area contributed by atoms with Gasteiger partial charge in [-0.2, -0.15) is 5.10 Å². The lowest BCUT2D eigenvalue weighted by Gasteiger charge is -2.14. The van der Waals surface area contributed by atoms with Gasteiger partial charge in [0.25, 0.3) is 5.91 Å². The molecule has 0 spiro atoms. The van der Waals surface area contributed by atoms with Gasteiger partial charge in [-0.1, -0.05) is 6.92 Å². The molecule has 0 heterocycles. The van der Waals surface area contributed by atoms with Crippen LogP contribution in [0.5, 0.6) is 17.2 Å². The van der Waals surface area contributed by atoms with E-state index in [-0.39, 0.29) is 5.91 Å². The molecule has 0 saturated heterocycles. The highest BCUT2D eigenvalue weighted by atomic mass is 127. The van der Waals surface area contributed by atoms with Gasteiger partial charge in [-0.15, -0.1) is 0 Å². The van der Waals surface area contributed by atoms with Gasteiger partial charge in [0.2, 0.25) is 0 Å². The first kappa shape index (κ1) is 22.0. The molecule has 0 atom stereocenters. The Kier molecular flexibility index (Phi) is 9.06. The number of hydrazone groups is 1. The van der Waals surface area contributed by atoms with Crippen molar-refractivity contribution in [3.63, 3.8) is 0 Å². The van der Waals surface area contributed by atoms with Crippen molar-refractivity contribution < 1.29 is 19.0 Å². The highest BCUT2D eigenvalue weighted by Crippen LogP contribution is 2.34. The molecule has 1 amide bonds. The molecule has 0 saturated carbocycles. The molecule has 0 aliphatic heterocycles. The molecule has 6 nitrogen and oxygen atoms in total. The van der Waals surface area contributed by atoms with E-state index in [1.165, 1.54) is 0 Å². The molecule has 0 aliphatic rings. The maximum absolute atomic E-state index is 12.2. The summed E-state index contributed by atoms with van der Waals surface area (Å²) in [5, 5.41) is 4.06. The van der Waals surface area contributed by atoms with Gasteiger partial charge in [-0.05, 0) is 84.8 Å². The van der Waals surface area contributed by atoms with Gasteiger partial charge in [0.1, 0.15) is 5.75 Å². The van der Waals surface area contributed by atoms with Gasteiger partial charge >= 0.3 is 0 Å². The van der Waals surface area contributed by atoms with Crippen molar-refractivity contribution >= 4 is 34.7 Å². The van der Waals surface area contributed by atoms with Crippen LogP contribution in [0.1, 0.15) is 43.1 Å². The largest absolute Gasteiger partial charge is 0.494 e. The van der Waals surface area contributed by atoms with E-state index in [9.17, 15) is 4.79 Å². The van der Waals surface area contributed by atoms with Gasteiger partial charge in [-0.25, -0.2) is 5.43 Å². The number of nitrogens with zero attached hydrogens (tertiary/aromatic N) is 1. The van der Waals surface area contributed by atoms with Gasteiger partial charge in [0.05, 0.1) is 29.6 Å². The van der Waals surface area contributed by atoms with Gasteiger partial charge < -0.3 is 14.2 Å². The third kappa shape index (κ3) is 6.40. The Balaban J connectivity index is 2.07. The molecule has 1 N–H and O–H groups in total. The van der Waals surface area contributed by atoms with Crippen molar-refractivity contribution in [1.29, 1.82) is 0 Å². The van der Waals surface area contributed by atoms with Crippen molar-refractivity contribution in [2.45, 2.75) is 27.2 Å². The smallest absolute Gasteiger partial charge is 0.271 e. The van der Waals surface area contributed by atoms with Crippen LogP contribution in [0.2, 0.25) is 0 Å². The molecule has 2 aromatic carbocycles. The molecule has 0 unspecified atom stereocenters. The van der Waals surface area contributed by atoms with Crippen LogP contribution in [0.25, 0.3) is 0 Å². The fourth-order valence-electron chi connectivity index (χ4n) is 2.37. The second kappa shape index (κ2) is 11.5. The Morgan fingerprint density at radius 2 is 1.79 bits per heavy atom. The number of rotatable bonds is 10. The maximum Gasteiger partial charge on any atom is 0.271 e. The molecule has 0 aliphatic carbocycles. The Bertz CT molecular complexity index is 807. The first-order valence-corrected chi connectivity index (χ1v) is 10.3. The van der Waals surface area contributed by atoms with Gasteiger partial charge in [-0.3, -0.25) is 4.79 Å². The summed E-state index contributed by atoms with van der Waals surface area (Å²) in [6.45, 7) is 7.64. The molecular formula is C21H25IN2O4. The van der Waals surface area contributed by atoms with Crippen LogP contribution in [-0.4, -0.2) is 31.9 Å². The second-order valence-electron chi connectivity index (χ2n) is 5.77. The summed E-state index contributed by atoms with van der Waals surface area (Å²) in [5.41, 5.74) is 3.85. The Morgan fingerprint density at radius 3 is 2.43 bits per heavy atom. The molecular weight excluding hydrogens is 471 g/mol. The number of carbonyl (C=O) groups excluding carboxylic acids is 1. The molecule has 2 rings (SSSR count). The number of amides is 1. The van der Waals surface area contributed by atoms with E-state index in [1.807, 2.05) is 26.0 Å². The summed E-state index contributed by atoms with van der Waals surface area (Å²) < 4.78 is 17.8. The number of ether oxygens (including phenoxy) is 3. The lowest BCUT2D eigenvalue weighted by molar-refractivity contribution is 0.0955. The summed E-state index contributed by atoms with van der Waals surface area (Å²) in [5.74, 6) is 1.84. The minimum absolute atomic E-state index is 0.290. The summed E-state index contributed by atoms with van der Waals surface area (Å²) >= 11 is 2.21. The van der Waals surface area contributed by atoms with Gasteiger partial charge in [0.15, 0.2) is 11.5 Å². The first-order valence-electron chi connectivity index (χ1n) is 9.24. The third-order valence-electron chi connectivity index (χ3n) is 3.59. The van der Waals surface area contributed by atoms with E-state index in [0.29, 0.717) is 31.1 Å². The van der Waals surface area contributed by atoms with Crippen LogP contribution in [0.4, 0.5) is 0 Å². The number of hydrogen-bond donors (Lipinski definition) is 1. The van der Waals surface area contributed by atoms with Crippen LogP contribution in [0.3, 0.4) is 0 Å². The summed E-state index contributed by atoms with van der Waals surface area (Å²) in [6, 6.07) is 10.7. The average molecular weight is 496 g/mol. The number of carbonyl (C=O) groups is 1. The fraction of sp³-hybridized carbons (Fsp3) is 0.333. The predicted octanol–water partition coefficient (Wildman–Crippen LogP) is 4.64. The van der Waals surface area contributed by atoms with Crippen LogP contribution >= 0.6 is 22.6 Å². The van der Waals surface area contributed by atoms with Crippen LogP contribution < -0.4 is 19.6 Å². The Hall–Kier alpha value is -2.29. The molecule has 0 aromatic heterocycles. The number of halogens is 1. The lowest BCUT2D eigenvalue weighted by Crippen LogP contribution is -2.17. The van der Waals surface area contributed by atoms with Crippen molar-refractivity contribution in [3.8, 4) is 17.2 Å². The standard InChI is InChI=1S/C21H25IN2O4/c1-4-11-28-20-18(22)12-15(13-19(20)27-6-3)14-23-24-21(25)16-7-9-17(10-8-16)26-5-2/h7-10,12-14H,4-6,11H2,1-3H3,(H,24,25)/b23-14+. The molecule has 0 bridgehead atoms. The maximum atomic E-state index is 12.2. The first-order chi connectivity index (χ1) is 13.6. The predicted molar refractivity (Wildman–Crippen MR) is 119 cm³/mol. The average Bonchev–Trinajstić information content (AvgIpc) is 2.68. The normalized spacial score (nSPS) is 10.7. The van der Waals surface area contributed by atoms with E-state index in [4.69, 9.17) is 14.2 Å². The van der Waals surface area contributed by atoms with Crippen LogP contribution in [0, 0.1) is 3.57 Å². The zero-order valence-corrected chi connectivity index (χ0v) is 18.5. The fourth-order valence-corrected chi connectivity index (χ4v) is 3.15. The van der Waals surface area contributed by atoms with E-state index < -0.39 is 0 Å². The van der Waals surface area contributed by atoms with Crippen molar-refractivity contribution in [2.75, 3.05) is 19.8 Å². The Labute approximate surface area is 179 Å². The topological polar surface area (TPSA) is 69.2 Å². The monoisotopic (exact) mass is 496 g/mol. The van der Waals surface area contributed by atoms with Crippen molar-refractivity contribution in [3.05, 3.63) is 51.1 Å². The third-order valence-corrected chi connectivity index (χ3v) is 4.39. The molecule has 2 aromatic rings. The minimum Gasteiger partial charge on any atom is -0.494 e.